The Morgan fingerprint density at radius 3 is 2.50 bits per heavy atom. The summed E-state index contributed by atoms with van der Waals surface area (Å²) in [6.45, 7) is 0.627. The molecule has 1 aromatic heterocycles. The van der Waals surface area contributed by atoms with E-state index in [0.717, 1.165) is 22.0 Å². The van der Waals surface area contributed by atoms with E-state index in [1.165, 1.54) is 6.08 Å². The smallest absolute Gasteiger partial charge is 0.261 e. The van der Waals surface area contributed by atoms with Crippen LogP contribution in [0.2, 0.25) is 0 Å². The van der Waals surface area contributed by atoms with Crippen molar-refractivity contribution in [2.75, 3.05) is 6.54 Å². The molecule has 0 aliphatic rings. The van der Waals surface area contributed by atoms with Crippen molar-refractivity contribution >= 4 is 54.7 Å². The van der Waals surface area contributed by atoms with Crippen molar-refractivity contribution in [2.45, 2.75) is 13.0 Å². The summed E-state index contributed by atoms with van der Waals surface area (Å²) < 4.78 is 7.23. The van der Waals surface area contributed by atoms with Gasteiger partial charge in [-0.2, -0.15) is 10.5 Å². The highest BCUT2D eigenvalue weighted by Crippen LogP contribution is 2.36. The first-order valence-corrected chi connectivity index (χ1v) is 12.6. The molecule has 0 aliphatic heterocycles. The lowest BCUT2D eigenvalue weighted by molar-refractivity contribution is -0.117. The van der Waals surface area contributed by atoms with Gasteiger partial charge in [0.15, 0.2) is 0 Å². The van der Waals surface area contributed by atoms with E-state index < -0.39 is 5.91 Å². The number of hydrogen-bond acceptors (Lipinski definition) is 4. The molecule has 4 rings (SSSR count). The van der Waals surface area contributed by atoms with Crippen molar-refractivity contribution in [2.24, 2.45) is 0 Å². The van der Waals surface area contributed by atoms with Gasteiger partial charge in [-0.3, -0.25) is 4.79 Å². The first-order chi connectivity index (χ1) is 17.5. The first-order valence-electron chi connectivity index (χ1n) is 11.0. The van der Waals surface area contributed by atoms with Gasteiger partial charge >= 0.3 is 0 Å². The highest BCUT2D eigenvalue weighted by Gasteiger charge is 2.13. The van der Waals surface area contributed by atoms with E-state index >= 15 is 0 Å². The summed E-state index contributed by atoms with van der Waals surface area (Å²) in [5.41, 5.74) is 4.15. The van der Waals surface area contributed by atoms with Crippen LogP contribution in [-0.4, -0.2) is 17.4 Å². The molecule has 0 radical (unpaired) electrons. The number of nitrogens with one attached hydrogen (secondary N) is 2. The number of carbonyl (C=O) groups excluding carboxylic acids is 1. The molecule has 36 heavy (non-hydrogen) atoms. The number of benzene rings is 3. The topological polar surface area (TPSA) is 102 Å². The van der Waals surface area contributed by atoms with Crippen LogP contribution >= 0.6 is 31.9 Å². The van der Waals surface area contributed by atoms with Gasteiger partial charge in [-0.05, 0) is 79.7 Å². The van der Waals surface area contributed by atoms with Crippen LogP contribution in [0.4, 0.5) is 0 Å². The van der Waals surface area contributed by atoms with Gasteiger partial charge in [0.25, 0.3) is 5.91 Å². The maximum absolute atomic E-state index is 12.6. The number of H-pyrrole nitrogens is 1. The molecule has 4 aromatic rings. The molecular weight excluding hydrogens is 584 g/mol. The maximum Gasteiger partial charge on any atom is 0.261 e. The number of nitrogens with zero attached hydrogens (tertiary/aromatic N) is 2. The van der Waals surface area contributed by atoms with E-state index in [2.05, 4.69) is 48.2 Å². The van der Waals surface area contributed by atoms with Crippen LogP contribution in [0, 0.1) is 22.7 Å². The van der Waals surface area contributed by atoms with E-state index in [4.69, 9.17) is 4.74 Å². The third-order valence-electron chi connectivity index (χ3n) is 5.56. The minimum absolute atomic E-state index is 0.00402. The molecule has 0 atom stereocenters. The van der Waals surface area contributed by atoms with Gasteiger partial charge in [0.1, 0.15) is 24.0 Å². The fourth-order valence-corrected chi connectivity index (χ4v) is 5.22. The van der Waals surface area contributed by atoms with Crippen LogP contribution in [0.3, 0.4) is 0 Å². The first kappa shape index (κ1) is 25.2. The molecule has 0 unspecified atom stereocenters. The Labute approximate surface area is 225 Å². The third-order valence-corrected chi connectivity index (χ3v) is 6.74. The minimum atomic E-state index is -0.432. The van der Waals surface area contributed by atoms with Crippen LogP contribution < -0.4 is 10.1 Å². The molecule has 3 aromatic carbocycles. The Hall–Kier alpha value is -3.85. The van der Waals surface area contributed by atoms with Crippen LogP contribution in [-0.2, 0) is 17.8 Å². The number of para-hydroxylation sites is 1. The summed E-state index contributed by atoms with van der Waals surface area (Å²) in [6, 6.07) is 22.9. The predicted molar refractivity (Wildman–Crippen MR) is 146 cm³/mol. The average Bonchev–Trinajstić information content (AvgIpc) is 3.30. The van der Waals surface area contributed by atoms with Gasteiger partial charge < -0.3 is 15.0 Å². The molecule has 1 heterocycles. The van der Waals surface area contributed by atoms with Gasteiger partial charge in [0.05, 0.1) is 20.6 Å². The van der Waals surface area contributed by atoms with Gasteiger partial charge in [-0.25, -0.2) is 0 Å². The lowest BCUT2D eigenvalue weighted by Crippen LogP contribution is -2.26. The van der Waals surface area contributed by atoms with Crippen LogP contribution in [0.25, 0.3) is 17.0 Å². The van der Waals surface area contributed by atoms with E-state index in [1.54, 1.807) is 24.3 Å². The highest BCUT2D eigenvalue weighted by atomic mass is 79.9. The Balaban J connectivity index is 1.42. The number of ether oxygens (including phenoxy) is 1. The normalized spacial score (nSPS) is 11.1. The van der Waals surface area contributed by atoms with E-state index in [-0.39, 0.29) is 12.2 Å². The fraction of sp³-hybridized carbons (Fsp3) is 0.107. The summed E-state index contributed by atoms with van der Waals surface area (Å²) in [4.78, 5) is 15.9. The quantitative estimate of drug-likeness (QED) is 0.179. The summed E-state index contributed by atoms with van der Waals surface area (Å²) >= 11 is 7.01. The Morgan fingerprint density at radius 2 is 1.75 bits per heavy atom. The molecule has 0 saturated carbocycles. The van der Waals surface area contributed by atoms with Gasteiger partial charge in [-0.15, -0.1) is 0 Å². The molecule has 2 N–H and O–H groups in total. The monoisotopic (exact) mass is 602 g/mol. The van der Waals surface area contributed by atoms with E-state index in [1.807, 2.05) is 48.7 Å². The van der Waals surface area contributed by atoms with Gasteiger partial charge in [0, 0.05) is 29.2 Å². The molecule has 0 aliphatic carbocycles. The highest BCUT2D eigenvalue weighted by molar-refractivity contribution is 9.11. The summed E-state index contributed by atoms with van der Waals surface area (Å²) in [5.74, 6) is 0.125. The van der Waals surface area contributed by atoms with Crippen LogP contribution in [0.5, 0.6) is 5.75 Å². The fourth-order valence-electron chi connectivity index (χ4n) is 3.77. The van der Waals surface area contributed by atoms with Crippen LogP contribution in [0.15, 0.2) is 81.4 Å². The molecular formula is C28H20Br2N4O2. The molecule has 0 bridgehead atoms. The number of nitriles is 2. The zero-order valence-electron chi connectivity index (χ0n) is 19.0. The standard InChI is InChI=1S/C28H20Br2N4O2/c29-24-12-18(13-25(30)27(24)36-17-21-6-2-1-5-19(21)14-31)11-22(15-32)28(35)33-10-9-20-16-34-26-8-4-3-7-23(20)26/h1-8,11-13,16,34H,9-10,17H2,(H,33,35)/b22-11-. The second-order valence-corrected chi connectivity index (χ2v) is 9.62. The van der Waals surface area contributed by atoms with Crippen molar-refractivity contribution in [3.8, 4) is 17.9 Å². The molecule has 178 valence electrons. The van der Waals surface area contributed by atoms with Crippen LogP contribution in [0.1, 0.15) is 22.3 Å². The zero-order chi connectivity index (χ0) is 25.5. The van der Waals surface area contributed by atoms with Crippen molar-refractivity contribution < 1.29 is 9.53 Å². The number of halogens is 2. The molecule has 0 saturated heterocycles. The Kier molecular flexibility index (Phi) is 8.22. The molecule has 0 fully saturated rings. The van der Waals surface area contributed by atoms with Crippen molar-refractivity contribution in [3.05, 3.63) is 104 Å². The second-order valence-electron chi connectivity index (χ2n) is 7.91. The van der Waals surface area contributed by atoms with E-state index in [0.29, 0.717) is 38.8 Å². The average molecular weight is 604 g/mol. The van der Waals surface area contributed by atoms with Crippen molar-refractivity contribution in [1.29, 1.82) is 10.5 Å². The maximum atomic E-state index is 12.6. The second kappa shape index (κ2) is 11.7. The summed E-state index contributed by atoms with van der Waals surface area (Å²) in [6.07, 6.45) is 4.12. The Morgan fingerprint density at radius 1 is 1.03 bits per heavy atom. The SMILES string of the molecule is N#C/C(=C/c1cc(Br)c(OCc2ccccc2C#N)c(Br)c1)C(=O)NCCc1c[nH]c2ccccc12. The largest absolute Gasteiger partial charge is 0.486 e. The van der Waals surface area contributed by atoms with Gasteiger partial charge in [-0.1, -0.05) is 36.4 Å². The van der Waals surface area contributed by atoms with Crippen molar-refractivity contribution in [3.63, 3.8) is 0 Å². The minimum Gasteiger partial charge on any atom is -0.486 e. The number of hydrogen-bond donors (Lipinski definition) is 2. The number of aromatic nitrogens is 1. The lowest BCUT2D eigenvalue weighted by atomic mass is 10.1. The number of rotatable bonds is 8. The summed E-state index contributed by atoms with van der Waals surface area (Å²) in [7, 11) is 0. The molecule has 6 nitrogen and oxygen atoms in total. The van der Waals surface area contributed by atoms with Crippen molar-refractivity contribution in [1.82, 2.24) is 10.3 Å². The number of aromatic amines is 1. The predicted octanol–water partition coefficient (Wildman–Crippen LogP) is 6.41. The Bertz CT molecular complexity index is 1520. The van der Waals surface area contributed by atoms with Gasteiger partial charge in [0.2, 0.25) is 0 Å². The molecule has 1 amide bonds. The molecule has 0 spiro atoms. The zero-order valence-corrected chi connectivity index (χ0v) is 22.2. The number of carbonyl (C=O) groups is 1. The lowest BCUT2D eigenvalue weighted by Gasteiger charge is -2.12. The number of amides is 1. The third kappa shape index (κ3) is 5.85. The summed E-state index contributed by atoms with van der Waals surface area (Å²) in [5, 5.41) is 22.8. The number of fused-ring (bicyclic) bond motifs is 1. The molecule has 8 heteroatoms. The van der Waals surface area contributed by atoms with E-state index in [9.17, 15) is 15.3 Å².